The van der Waals surface area contributed by atoms with E-state index in [-0.39, 0.29) is 24.2 Å². The van der Waals surface area contributed by atoms with Crippen LogP contribution < -0.4 is 4.90 Å². The number of likely N-dealkylation sites (tertiary alicyclic amines) is 1. The summed E-state index contributed by atoms with van der Waals surface area (Å²) < 4.78 is 5.84. The van der Waals surface area contributed by atoms with E-state index in [9.17, 15) is 9.59 Å². The fraction of sp³-hybridized carbons (Fsp3) is 0.364. The molecule has 8 heteroatoms. The molecule has 4 heterocycles. The summed E-state index contributed by atoms with van der Waals surface area (Å²) in [6.07, 6.45) is 1.99. The first-order valence-corrected chi connectivity index (χ1v) is 10.2. The van der Waals surface area contributed by atoms with Crippen molar-refractivity contribution in [2.24, 2.45) is 5.92 Å². The van der Waals surface area contributed by atoms with E-state index in [1.54, 1.807) is 11.1 Å². The fourth-order valence-corrected chi connectivity index (χ4v) is 4.15. The predicted octanol–water partition coefficient (Wildman–Crippen LogP) is 1.92. The van der Waals surface area contributed by atoms with E-state index in [1.165, 1.54) is 0 Å². The number of anilines is 1. The number of hydrogen-bond acceptors (Lipinski definition) is 6. The topological polar surface area (TPSA) is 82.8 Å². The Kier molecular flexibility index (Phi) is 4.82. The van der Waals surface area contributed by atoms with Gasteiger partial charge in [0.2, 0.25) is 11.8 Å². The highest BCUT2D eigenvalue weighted by Crippen LogP contribution is 2.25. The third kappa shape index (κ3) is 3.60. The Balaban J connectivity index is 1.18. The van der Waals surface area contributed by atoms with Gasteiger partial charge in [0.05, 0.1) is 18.2 Å². The SMILES string of the molecule is O=C1CC(C(=O)N2CCN(c3nc4ccccc4o3)CC2)CN1Cc1ccccn1. The van der Waals surface area contributed by atoms with Crippen LogP contribution in [0.15, 0.2) is 53.1 Å². The van der Waals surface area contributed by atoms with Gasteiger partial charge in [0.15, 0.2) is 5.58 Å². The molecule has 2 aliphatic rings. The number of amides is 2. The van der Waals surface area contributed by atoms with Gasteiger partial charge in [0.1, 0.15) is 5.52 Å². The van der Waals surface area contributed by atoms with E-state index in [1.807, 2.05) is 47.4 Å². The lowest BCUT2D eigenvalue weighted by Gasteiger charge is -2.35. The third-order valence-corrected chi connectivity index (χ3v) is 5.79. The van der Waals surface area contributed by atoms with Gasteiger partial charge in [0, 0.05) is 45.3 Å². The highest BCUT2D eigenvalue weighted by atomic mass is 16.4. The second-order valence-corrected chi connectivity index (χ2v) is 7.77. The maximum Gasteiger partial charge on any atom is 0.298 e. The molecule has 1 aromatic carbocycles. The summed E-state index contributed by atoms with van der Waals surface area (Å²) in [5.74, 6) is -0.203. The molecule has 3 aromatic rings. The summed E-state index contributed by atoms with van der Waals surface area (Å²) in [6.45, 7) is 3.44. The lowest BCUT2D eigenvalue weighted by Crippen LogP contribution is -2.50. The maximum absolute atomic E-state index is 13.0. The van der Waals surface area contributed by atoms with Crippen LogP contribution in [0.4, 0.5) is 6.01 Å². The zero-order valence-corrected chi connectivity index (χ0v) is 16.6. The van der Waals surface area contributed by atoms with Crippen LogP contribution >= 0.6 is 0 Å². The molecule has 0 saturated carbocycles. The van der Waals surface area contributed by atoms with E-state index in [0.717, 1.165) is 16.8 Å². The largest absolute Gasteiger partial charge is 0.423 e. The van der Waals surface area contributed by atoms with Gasteiger partial charge < -0.3 is 19.1 Å². The van der Waals surface area contributed by atoms with Crippen molar-refractivity contribution in [3.63, 3.8) is 0 Å². The van der Waals surface area contributed by atoms with Crippen molar-refractivity contribution in [2.75, 3.05) is 37.6 Å². The third-order valence-electron chi connectivity index (χ3n) is 5.79. The molecule has 2 aromatic heterocycles. The highest BCUT2D eigenvalue weighted by Gasteiger charge is 2.37. The van der Waals surface area contributed by atoms with Gasteiger partial charge >= 0.3 is 0 Å². The average molecular weight is 405 g/mol. The molecule has 0 N–H and O–H groups in total. The number of fused-ring (bicyclic) bond motifs is 1. The Morgan fingerprint density at radius 1 is 1.07 bits per heavy atom. The van der Waals surface area contributed by atoms with Gasteiger partial charge in [-0.1, -0.05) is 18.2 Å². The fourth-order valence-electron chi connectivity index (χ4n) is 4.15. The Labute approximate surface area is 174 Å². The van der Waals surface area contributed by atoms with Crippen LogP contribution in [0, 0.1) is 5.92 Å². The molecule has 0 aliphatic carbocycles. The van der Waals surface area contributed by atoms with Crippen molar-refractivity contribution in [1.82, 2.24) is 19.8 Å². The summed E-state index contributed by atoms with van der Waals surface area (Å²) in [4.78, 5) is 39.9. The quantitative estimate of drug-likeness (QED) is 0.660. The van der Waals surface area contributed by atoms with E-state index in [0.29, 0.717) is 45.3 Å². The van der Waals surface area contributed by atoms with E-state index < -0.39 is 0 Å². The first-order chi connectivity index (χ1) is 14.7. The van der Waals surface area contributed by atoms with Crippen LogP contribution in [0.5, 0.6) is 0 Å². The minimum atomic E-state index is -0.280. The minimum Gasteiger partial charge on any atom is -0.423 e. The molecule has 1 unspecified atom stereocenters. The molecule has 30 heavy (non-hydrogen) atoms. The number of pyridine rings is 1. The smallest absolute Gasteiger partial charge is 0.298 e. The number of para-hydroxylation sites is 2. The van der Waals surface area contributed by atoms with Crippen molar-refractivity contribution >= 4 is 28.9 Å². The number of carbonyl (C=O) groups excluding carboxylic acids is 2. The van der Waals surface area contributed by atoms with Gasteiger partial charge in [-0.2, -0.15) is 4.98 Å². The molecule has 154 valence electrons. The van der Waals surface area contributed by atoms with Crippen LogP contribution in [-0.4, -0.2) is 64.3 Å². The number of aromatic nitrogens is 2. The number of carbonyl (C=O) groups is 2. The number of rotatable bonds is 4. The standard InChI is InChI=1S/C22H23N5O3/c28-20-13-16(14-27(20)15-17-5-3-4-8-23-17)21(29)25-9-11-26(12-10-25)22-24-18-6-1-2-7-19(18)30-22/h1-8,16H,9-15H2. The van der Waals surface area contributed by atoms with Crippen LogP contribution in [0.3, 0.4) is 0 Å². The van der Waals surface area contributed by atoms with Crippen molar-refractivity contribution < 1.29 is 14.0 Å². The molecular formula is C22H23N5O3. The maximum atomic E-state index is 13.0. The van der Waals surface area contributed by atoms with Gasteiger partial charge in [-0.3, -0.25) is 14.6 Å². The number of piperazine rings is 1. The molecule has 5 rings (SSSR count). The van der Waals surface area contributed by atoms with E-state index in [4.69, 9.17) is 4.42 Å². The molecule has 0 spiro atoms. The summed E-state index contributed by atoms with van der Waals surface area (Å²) in [6, 6.07) is 13.9. The average Bonchev–Trinajstić information content (AvgIpc) is 3.38. The van der Waals surface area contributed by atoms with E-state index in [2.05, 4.69) is 14.9 Å². The van der Waals surface area contributed by atoms with Gasteiger partial charge in [0.25, 0.3) is 6.01 Å². The van der Waals surface area contributed by atoms with Crippen LogP contribution in [0.25, 0.3) is 11.1 Å². The number of oxazole rings is 1. The molecule has 1 atom stereocenters. The van der Waals surface area contributed by atoms with Crippen molar-refractivity contribution in [3.8, 4) is 0 Å². The number of nitrogens with zero attached hydrogens (tertiary/aromatic N) is 5. The Bertz CT molecular complexity index is 1030. The van der Waals surface area contributed by atoms with Crippen LogP contribution in [0.2, 0.25) is 0 Å². The molecule has 8 nitrogen and oxygen atoms in total. The lowest BCUT2D eigenvalue weighted by atomic mass is 10.1. The Morgan fingerprint density at radius 3 is 2.63 bits per heavy atom. The number of benzene rings is 1. The van der Waals surface area contributed by atoms with Gasteiger partial charge in [-0.25, -0.2) is 0 Å². The molecule has 2 aliphatic heterocycles. The van der Waals surface area contributed by atoms with E-state index >= 15 is 0 Å². The van der Waals surface area contributed by atoms with Crippen LogP contribution in [0.1, 0.15) is 12.1 Å². The molecule has 0 bridgehead atoms. The molecule has 2 saturated heterocycles. The zero-order valence-electron chi connectivity index (χ0n) is 16.6. The van der Waals surface area contributed by atoms with Crippen LogP contribution in [-0.2, 0) is 16.1 Å². The first-order valence-electron chi connectivity index (χ1n) is 10.2. The van der Waals surface area contributed by atoms with Crippen molar-refractivity contribution in [3.05, 3.63) is 54.4 Å². The lowest BCUT2D eigenvalue weighted by molar-refractivity contribution is -0.136. The molecule has 2 fully saturated rings. The summed E-state index contributed by atoms with van der Waals surface area (Å²) in [5, 5.41) is 0. The molecule has 2 amide bonds. The molecule has 0 radical (unpaired) electrons. The second-order valence-electron chi connectivity index (χ2n) is 7.77. The summed E-state index contributed by atoms with van der Waals surface area (Å²) in [5.41, 5.74) is 2.44. The van der Waals surface area contributed by atoms with Gasteiger partial charge in [-0.15, -0.1) is 0 Å². The Morgan fingerprint density at radius 2 is 1.87 bits per heavy atom. The number of hydrogen-bond donors (Lipinski definition) is 0. The minimum absolute atomic E-state index is 0.0177. The van der Waals surface area contributed by atoms with Crippen molar-refractivity contribution in [2.45, 2.75) is 13.0 Å². The summed E-state index contributed by atoms with van der Waals surface area (Å²) in [7, 11) is 0. The Hall–Kier alpha value is -3.42. The second kappa shape index (κ2) is 7.78. The first kappa shape index (κ1) is 18.6. The van der Waals surface area contributed by atoms with Crippen molar-refractivity contribution in [1.29, 1.82) is 0 Å². The normalized spacial score (nSPS) is 19.7. The monoisotopic (exact) mass is 405 g/mol. The zero-order chi connectivity index (χ0) is 20.5. The van der Waals surface area contributed by atoms with Gasteiger partial charge in [-0.05, 0) is 24.3 Å². The predicted molar refractivity (Wildman–Crippen MR) is 111 cm³/mol. The molecular weight excluding hydrogens is 382 g/mol. The highest BCUT2D eigenvalue weighted by molar-refractivity contribution is 5.89. The summed E-state index contributed by atoms with van der Waals surface area (Å²) >= 11 is 0.